The number of rotatable bonds is 63. The summed E-state index contributed by atoms with van der Waals surface area (Å²) < 4.78 is 0. The Hall–Kier alpha value is -4.25. The lowest BCUT2D eigenvalue weighted by Gasteiger charge is -2.19. The molecule has 0 spiro atoms. The summed E-state index contributed by atoms with van der Waals surface area (Å²) in [5, 5.41) is 23.2. The van der Waals surface area contributed by atoms with Gasteiger partial charge < -0.3 is 15.5 Å². The molecular weight excluding hydrogens is 1020 g/mol. The Balaban J connectivity index is 3.65. The van der Waals surface area contributed by atoms with Crippen LogP contribution >= 0.6 is 0 Å². The van der Waals surface area contributed by atoms with Crippen molar-refractivity contribution in [2.75, 3.05) is 6.61 Å². The van der Waals surface area contributed by atoms with Crippen molar-refractivity contribution in [3.8, 4) is 0 Å². The summed E-state index contributed by atoms with van der Waals surface area (Å²) in [5.74, 6) is -0.0938. The maximum atomic E-state index is 12.5. The number of carbonyl (C=O) groups excluding carboxylic acids is 1. The summed E-state index contributed by atoms with van der Waals surface area (Å²) in [5.41, 5.74) is 0. The summed E-state index contributed by atoms with van der Waals surface area (Å²) in [6.07, 6.45) is 117. The van der Waals surface area contributed by atoms with Crippen LogP contribution in [0.3, 0.4) is 0 Å². The Kier molecular flexibility index (Phi) is 69.3. The van der Waals surface area contributed by atoms with Gasteiger partial charge in [0.1, 0.15) is 0 Å². The highest BCUT2D eigenvalue weighted by Gasteiger charge is 2.18. The Bertz CT molecular complexity index is 1790. The van der Waals surface area contributed by atoms with Crippen LogP contribution in [0.1, 0.15) is 309 Å². The van der Waals surface area contributed by atoms with E-state index in [1.165, 1.54) is 167 Å². The van der Waals surface area contributed by atoms with Gasteiger partial charge in [-0.2, -0.15) is 0 Å². The second-order valence-electron chi connectivity index (χ2n) is 23.2. The fraction of sp³-hybridized carbons (Fsp3) is 0.637. The molecule has 0 bridgehead atoms. The van der Waals surface area contributed by atoms with E-state index in [0.29, 0.717) is 6.42 Å². The zero-order valence-corrected chi connectivity index (χ0v) is 54.9. The third kappa shape index (κ3) is 68.5. The van der Waals surface area contributed by atoms with Gasteiger partial charge in [0.2, 0.25) is 5.91 Å². The van der Waals surface area contributed by atoms with E-state index in [0.717, 1.165) is 122 Å². The van der Waals surface area contributed by atoms with Gasteiger partial charge in [-0.1, -0.05) is 344 Å². The van der Waals surface area contributed by atoms with E-state index in [-0.39, 0.29) is 12.5 Å². The first-order chi connectivity index (χ1) is 41.7. The molecule has 0 radical (unpaired) electrons. The molecule has 4 nitrogen and oxygen atoms in total. The minimum absolute atomic E-state index is 0.0938. The Labute approximate surface area is 521 Å². The molecule has 0 aliphatic heterocycles. The molecule has 0 saturated heterocycles. The van der Waals surface area contributed by atoms with Crippen LogP contribution in [-0.4, -0.2) is 34.9 Å². The highest BCUT2D eigenvalue weighted by molar-refractivity contribution is 5.76. The van der Waals surface area contributed by atoms with Crippen molar-refractivity contribution in [1.29, 1.82) is 0 Å². The van der Waals surface area contributed by atoms with Gasteiger partial charge in [0, 0.05) is 6.42 Å². The summed E-state index contributed by atoms with van der Waals surface area (Å²) in [6.45, 7) is 4.19. The van der Waals surface area contributed by atoms with Gasteiger partial charge >= 0.3 is 0 Å². The molecular formula is C80H133NO3. The number of amides is 1. The van der Waals surface area contributed by atoms with Gasteiger partial charge in [-0.25, -0.2) is 0 Å². The van der Waals surface area contributed by atoms with Gasteiger partial charge in [-0.15, -0.1) is 0 Å². The lowest BCUT2D eigenvalue weighted by Crippen LogP contribution is -2.45. The number of hydrogen-bond donors (Lipinski definition) is 3. The molecule has 0 aliphatic carbocycles. The van der Waals surface area contributed by atoms with E-state index >= 15 is 0 Å². The second kappa shape index (κ2) is 73.0. The van der Waals surface area contributed by atoms with Gasteiger partial charge in [-0.3, -0.25) is 4.79 Å². The molecule has 0 saturated carbocycles. The molecule has 476 valence electrons. The minimum Gasteiger partial charge on any atom is -0.394 e. The van der Waals surface area contributed by atoms with Crippen LogP contribution in [0, 0.1) is 0 Å². The molecule has 0 aromatic carbocycles. The average Bonchev–Trinajstić information content (AvgIpc) is 3.51. The van der Waals surface area contributed by atoms with Crippen LogP contribution in [0.25, 0.3) is 0 Å². The molecule has 2 unspecified atom stereocenters. The average molecular weight is 1160 g/mol. The van der Waals surface area contributed by atoms with Crippen molar-refractivity contribution in [1.82, 2.24) is 5.32 Å². The van der Waals surface area contributed by atoms with Crippen LogP contribution in [0.4, 0.5) is 0 Å². The normalized spacial score (nSPS) is 13.8. The number of nitrogens with one attached hydrogen (secondary N) is 1. The van der Waals surface area contributed by atoms with Crippen LogP contribution in [0.15, 0.2) is 170 Å². The van der Waals surface area contributed by atoms with Crippen molar-refractivity contribution >= 4 is 5.91 Å². The number of hydrogen-bond acceptors (Lipinski definition) is 3. The zero-order valence-electron chi connectivity index (χ0n) is 54.9. The van der Waals surface area contributed by atoms with E-state index in [1.807, 2.05) is 6.08 Å². The molecule has 0 fully saturated rings. The first-order valence-corrected chi connectivity index (χ1v) is 35.3. The van der Waals surface area contributed by atoms with Gasteiger partial charge in [-0.05, 0) is 128 Å². The third-order valence-corrected chi connectivity index (χ3v) is 15.2. The number of carbonyl (C=O) groups is 1. The molecule has 84 heavy (non-hydrogen) atoms. The largest absolute Gasteiger partial charge is 0.394 e. The summed E-state index contributed by atoms with van der Waals surface area (Å²) >= 11 is 0. The van der Waals surface area contributed by atoms with E-state index < -0.39 is 12.1 Å². The lowest BCUT2D eigenvalue weighted by molar-refractivity contribution is -0.123. The molecule has 0 aliphatic rings. The number of allylic oxidation sites excluding steroid dienone is 27. The number of unbranched alkanes of at least 4 members (excludes halogenated alkanes) is 30. The maximum Gasteiger partial charge on any atom is 0.220 e. The molecule has 0 aromatic heterocycles. The van der Waals surface area contributed by atoms with E-state index in [1.54, 1.807) is 6.08 Å². The predicted molar refractivity (Wildman–Crippen MR) is 377 cm³/mol. The fourth-order valence-electron chi connectivity index (χ4n) is 9.86. The summed E-state index contributed by atoms with van der Waals surface area (Å²) in [6, 6.07) is -0.666. The topological polar surface area (TPSA) is 69.6 Å². The van der Waals surface area contributed by atoms with Crippen molar-refractivity contribution in [3.63, 3.8) is 0 Å². The van der Waals surface area contributed by atoms with Gasteiger partial charge in [0.05, 0.1) is 18.8 Å². The standard InChI is InChI=1S/C80H133NO3/c1-3-5-7-9-11-13-15-17-19-21-23-25-27-29-31-33-35-36-37-38-39-40-41-42-43-44-46-48-50-52-54-56-58-60-62-64-66-68-70-72-74-76-80(84)81-78(77-82)79(83)75-73-71-69-67-65-63-61-59-57-55-53-51-49-47-45-34-32-30-28-26-24-22-20-18-16-14-12-10-8-6-4-2/h5,7,11,13,17,19,23,25,29,31,35-36,38-39,41-42,44,46,50,52,56-59,65,67,73,75,78-79,82-83H,3-4,6,8-10,12,14-16,18,20-22,24,26-28,30,32-34,37,40,43,45,47-49,51,53-55,60-64,66,68-72,74,76-77H2,1-2H3,(H,81,84)/b7-5-,13-11-,19-17-,25-23-,31-29-,36-35-,39-38-,42-41-,46-44-,52-50-,58-56-,59-57+,67-65+,75-73+. The van der Waals surface area contributed by atoms with Gasteiger partial charge in [0.25, 0.3) is 0 Å². The maximum absolute atomic E-state index is 12.5. The van der Waals surface area contributed by atoms with Crippen LogP contribution in [-0.2, 0) is 4.79 Å². The molecule has 4 heteroatoms. The van der Waals surface area contributed by atoms with Crippen LogP contribution in [0.5, 0.6) is 0 Å². The smallest absolute Gasteiger partial charge is 0.220 e. The SMILES string of the molecule is CC/C=C\C/C=C\C/C=C\C/C=C\C/C=C\C/C=C\C/C=C\C/C=C\C/C=C\C/C=C\C/C=C\CCCCCCCCCC(=O)NC(CO)C(O)/C=C/CC/C=C/CC/C=C/CCCCCCCCCCCCCCCCCCCCCCC. The van der Waals surface area contributed by atoms with Crippen LogP contribution < -0.4 is 5.32 Å². The Morgan fingerprint density at radius 2 is 0.536 bits per heavy atom. The van der Waals surface area contributed by atoms with E-state index in [2.05, 4.69) is 177 Å². The van der Waals surface area contributed by atoms with Crippen LogP contribution in [0.2, 0.25) is 0 Å². The molecule has 2 atom stereocenters. The molecule has 0 heterocycles. The lowest BCUT2D eigenvalue weighted by atomic mass is 10.0. The highest BCUT2D eigenvalue weighted by atomic mass is 16.3. The summed E-state index contributed by atoms with van der Waals surface area (Å²) in [4.78, 5) is 12.5. The van der Waals surface area contributed by atoms with Crippen molar-refractivity contribution in [3.05, 3.63) is 170 Å². The van der Waals surface area contributed by atoms with Crippen molar-refractivity contribution in [2.45, 2.75) is 321 Å². The molecule has 0 rings (SSSR count). The predicted octanol–water partition coefficient (Wildman–Crippen LogP) is 24.6. The highest BCUT2D eigenvalue weighted by Crippen LogP contribution is 2.16. The fourth-order valence-corrected chi connectivity index (χ4v) is 9.86. The monoisotopic (exact) mass is 1160 g/mol. The molecule has 1 amide bonds. The van der Waals surface area contributed by atoms with E-state index in [4.69, 9.17) is 0 Å². The first kappa shape index (κ1) is 79.8. The van der Waals surface area contributed by atoms with Crippen molar-refractivity contribution < 1.29 is 15.0 Å². The summed E-state index contributed by atoms with van der Waals surface area (Å²) in [7, 11) is 0. The number of aliphatic hydroxyl groups excluding tert-OH is 2. The third-order valence-electron chi connectivity index (χ3n) is 15.2. The zero-order chi connectivity index (χ0) is 60.5. The quantitative estimate of drug-likeness (QED) is 0.0420. The van der Waals surface area contributed by atoms with Gasteiger partial charge in [0.15, 0.2) is 0 Å². The minimum atomic E-state index is -0.889. The first-order valence-electron chi connectivity index (χ1n) is 35.3. The Morgan fingerprint density at radius 3 is 0.833 bits per heavy atom. The number of aliphatic hydroxyl groups is 2. The molecule has 0 aromatic rings. The second-order valence-corrected chi connectivity index (χ2v) is 23.2. The van der Waals surface area contributed by atoms with E-state index in [9.17, 15) is 15.0 Å². The Morgan fingerprint density at radius 1 is 0.298 bits per heavy atom. The molecule has 3 N–H and O–H groups in total. The van der Waals surface area contributed by atoms with Crippen molar-refractivity contribution in [2.24, 2.45) is 0 Å².